The average Bonchev–Trinajstić information content (AvgIpc) is 2.54. The Hall–Kier alpha value is -0.620. The second kappa shape index (κ2) is 8.87. The molecule has 1 aromatic rings. The van der Waals surface area contributed by atoms with Crippen molar-refractivity contribution in [2.45, 2.75) is 12.8 Å². The number of carbonyl (C=O) groups is 1. The minimum absolute atomic E-state index is 0.00468. The van der Waals surface area contributed by atoms with E-state index in [1.54, 1.807) is 19.2 Å². The first kappa shape index (κ1) is 17.7. The fourth-order valence-corrected chi connectivity index (χ4v) is 3.09. The molecule has 122 valence electrons. The molecule has 0 atom stereocenters. The number of hydrogen-bond donors (Lipinski definition) is 0. The van der Waals surface area contributed by atoms with E-state index >= 15 is 0 Å². The smallest absolute Gasteiger partial charge is 0.255 e. The second-order valence-electron chi connectivity index (χ2n) is 5.43. The van der Waals surface area contributed by atoms with Crippen molar-refractivity contribution in [3.05, 3.63) is 33.3 Å². The molecule has 4 nitrogen and oxygen atoms in total. The van der Waals surface area contributed by atoms with E-state index in [0.717, 1.165) is 37.0 Å². The summed E-state index contributed by atoms with van der Waals surface area (Å²) in [5.74, 6) is 0.518. The lowest BCUT2D eigenvalue weighted by Gasteiger charge is -2.32. The lowest BCUT2D eigenvalue weighted by molar-refractivity contribution is 0.0327. The Balaban J connectivity index is 1.83. The van der Waals surface area contributed by atoms with Crippen molar-refractivity contribution >= 4 is 33.4 Å². The van der Waals surface area contributed by atoms with Gasteiger partial charge in [0.05, 0.1) is 23.8 Å². The van der Waals surface area contributed by atoms with Crippen molar-refractivity contribution in [3.8, 4) is 0 Å². The van der Waals surface area contributed by atoms with Crippen LogP contribution >= 0.6 is 27.5 Å². The Bertz CT molecular complexity index is 504. The van der Waals surface area contributed by atoms with Gasteiger partial charge < -0.3 is 14.4 Å². The van der Waals surface area contributed by atoms with E-state index in [1.165, 1.54) is 0 Å². The molecule has 1 aliphatic rings. The number of ether oxygens (including phenoxy) is 2. The predicted octanol–water partition coefficient (Wildman–Crippen LogP) is 3.62. The number of benzene rings is 1. The highest BCUT2D eigenvalue weighted by atomic mass is 79.9. The first-order valence-electron chi connectivity index (χ1n) is 7.43. The molecule has 1 saturated heterocycles. The Morgan fingerprint density at radius 3 is 2.77 bits per heavy atom. The molecule has 1 heterocycles. The SMILES string of the molecule is COCCOCC1CCN(C(=O)c2cc(Br)ccc2Cl)CC1. The zero-order chi connectivity index (χ0) is 15.9. The lowest BCUT2D eigenvalue weighted by atomic mass is 9.97. The van der Waals surface area contributed by atoms with Crippen molar-refractivity contribution in [1.29, 1.82) is 0 Å². The Kier molecular flexibility index (Phi) is 7.15. The van der Waals surface area contributed by atoms with Gasteiger partial charge in [-0.2, -0.15) is 0 Å². The number of nitrogens with zero attached hydrogens (tertiary/aromatic N) is 1. The Morgan fingerprint density at radius 2 is 2.09 bits per heavy atom. The van der Waals surface area contributed by atoms with Gasteiger partial charge >= 0.3 is 0 Å². The minimum Gasteiger partial charge on any atom is -0.382 e. The standard InChI is InChI=1S/C16H21BrClNO3/c1-21-8-9-22-11-12-4-6-19(7-5-12)16(20)14-10-13(17)2-3-15(14)18/h2-3,10,12H,4-9,11H2,1H3. The van der Waals surface area contributed by atoms with Crippen LogP contribution in [0, 0.1) is 5.92 Å². The van der Waals surface area contributed by atoms with E-state index in [-0.39, 0.29) is 5.91 Å². The fraction of sp³-hybridized carbons (Fsp3) is 0.562. The maximum absolute atomic E-state index is 12.6. The first-order valence-corrected chi connectivity index (χ1v) is 8.60. The summed E-state index contributed by atoms with van der Waals surface area (Å²) in [5.41, 5.74) is 0.561. The van der Waals surface area contributed by atoms with E-state index in [1.807, 2.05) is 11.0 Å². The van der Waals surface area contributed by atoms with Crippen LogP contribution in [0.5, 0.6) is 0 Å². The zero-order valence-electron chi connectivity index (χ0n) is 12.7. The Morgan fingerprint density at radius 1 is 1.36 bits per heavy atom. The summed E-state index contributed by atoms with van der Waals surface area (Å²) in [4.78, 5) is 14.4. The topological polar surface area (TPSA) is 38.8 Å². The number of amides is 1. The van der Waals surface area contributed by atoms with Crippen LogP contribution in [0.3, 0.4) is 0 Å². The molecule has 0 radical (unpaired) electrons. The molecule has 1 aromatic carbocycles. The molecule has 1 fully saturated rings. The number of piperidine rings is 1. The number of likely N-dealkylation sites (tertiary alicyclic amines) is 1. The highest BCUT2D eigenvalue weighted by molar-refractivity contribution is 9.10. The van der Waals surface area contributed by atoms with Gasteiger partial charge in [0, 0.05) is 31.3 Å². The van der Waals surface area contributed by atoms with Crippen LogP contribution < -0.4 is 0 Å². The molecular formula is C16H21BrClNO3. The van der Waals surface area contributed by atoms with E-state index < -0.39 is 0 Å². The minimum atomic E-state index is 0.00468. The van der Waals surface area contributed by atoms with Gasteiger partial charge in [0.25, 0.3) is 5.91 Å². The number of carbonyl (C=O) groups excluding carboxylic acids is 1. The van der Waals surface area contributed by atoms with Crippen molar-refractivity contribution in [3.63, 3.8) is 0 Å². The van der Waals surface area contributed by atoms with Gasteiger partial charge in [-0.15, -0.1) is 0 Å². The fourth-order valence-electron chi connectivity index (χ4n) is 2.53. The number of hydrogen-bond acceptors (Lipinski definition) is 3. The van der Waals surface area contributed by atoms with Gasteiger partial charge in [0.15, 0.2) is 0 Å². The summed E-state index contributed by atoms with van der Waals surface area (Å²) in [6.07, 6.45) is 1.93. The molecule has 0 aromatic heterocycles. The van der Waals surface area contributed by atoms with Crippen molar-refractivity contribution in [2.24, 2.45) is 5.92 Å². The third-order valence-electron chi connectivity index (χ3n) is 3.85. The van der Waals surface area contributed by atoms with E-state index in [9.17, 15) is 4.79 Å². The maximum atomic E-state index is 12.6. The van der Waals surface area contributed by atoms with Gasteiger partial charge in [-0.05, 0) is 37.0 Å². The summed E-state index contributed by atoms with van der Waals surface area (Å²) in [6.45, 7) is 3.49. The van der Waals surface area contributed by atoms with Crippen LogP contribution in [0.15, 0.2) is 22.7 Å². The average molecular weight is 391 g/mol. The molecule has 0 bridgehead atoms. The zero-order valence-corrected chi connectivity index (χ0v) is 15.0. The molecule has 1 amide bonds. The second-order valence-corrected chi connectivity index (χ2v) is 6.75. The first-order chi connectivity index (χ1) is 10.6. The largest absolute Gasteiger partial charge is 0.382 e. The Labute approximate surface area is 144 Å². The van der Waals surface area contributed by atoms with Crippen molar-refractivity contribution in [2.75, 3.05) is 40.0 Å². The monoisotopic (exact) mass is 389 g/mol. The van der Waals surface area contributed by atoms with Crippen LogP contribution in [-0.2, 0) is 9.47 Å². The van der Waals surface area contributed by atoms with Gasteiger partial charge in [-0.25, -0.2) is 0 Å². The van der Waals surface area contributed by atoms with Crippen molar-refractivity contribution in [1.82, 2.24) is 4.90 Å². The third kappa shape index (κ3) is 4.95. The normalized spacial score (nSPS) is 16.0. The number of halogens is 2. The van der Waals surface area contributed by atoms with E-state index in [4.69, 9.17) is 21.1 Å². The van der Waals surface area contributed by atoms with Crippen LogP contribution in [0.25, 0.3) is 0 Å². The van der Waals surface area contributed by atoms with Gasteiger partial charge in [-0.1, -0.05) is 27.5 Å². The molecule has 22 heavy (non-hydrogen) atoms. The van der Waals surface area contributed by atoms with Gasteiger partial charge in [0.1, 0.15) is 0 Å². The third-order valence-corrected chi connectivity index (χ3v) is 4.67. The van der Waals surface area contributed by atoms with Crippen LogP contribution in [0.2, 0.25) is 5.02 Å². The number of rotatable bonds is 6. The predicted molar refractivity (Wildman–Crippen MR) is 90.5 cm³/mol. The summed E-state index contributed by atoms with van der Waals surface area (Å²) in [5, 5.41) is 0.498. The highest BCUT2D eigenvalue weighted by Gasteiger charge is 2.25. The molecule has 0 saturated carbocycles. The quantitative estimate of drug-likeness (QED) is 0.696. The van der Waals surface area contributed by atoms with Crippen LogP contribution in [0.1, 0.15) is 23.2 Å². The lowest BCUT2D eigenvalue weighted by Crippen LogP contribution is -2.39. The molecule has 1 aliphatic heterocycles. The van der Waals surface area contributed by atoms with Crippen molar-refractivity contribution < 1.29 is 14.3 Å². The maximum Gasteiger partial charge on any atom is 0.255 e. The van der Waals surface area contributed by atoms with E-state index in [2.05, 4.69) is 15.9 Å². The van der Waals surface area contributed by atoms with Gasteiger partial charge in [0.2, 0.25) is 0 Å². The highest BCUT2D eigenvalue weighted by Crippen LogP contribution is 2.25. The van der Waals surface area contributed by atoms with Gasteiger partial charge in [-0.3, -0.25) is 4.79 Å². The molecule has 0 N–H and O–H groups in total. The molecule has 2 rings (SSSR count). The molecule has 0 spiro atoms. The van der Waals surface area contributed by atoms with Crippen LogP contribution in [-0.4, -0.2) is 50.8 Å². The van der Waals surface area contributed by atoms with Crippen LogP contribution in [0.4, 0.5) is 0 Å². The molecular weight excluding hydrogens is 370 g/mol. The summed E-state index contributed by atoms with van der Waals surface area (Å²) in [7, 11) is 1.67. The summed E-state index contributed by atoms with van der Waals surface area (Å²) in [6, 6.07) is 5.36. The summed E-state index contributed by atoms with van der Waals surface area (Å²) < 4.78 is 11.4. The summed E-state index contributed by atoms with van der Waals surface area (Å²) >= 11 is 9.52. The number of methoxy groups -OCH3 is 1. The van der Waals surface area contributed by atoms with E-state index in [0.29, 0.717) is 29.7 Å². The molecule has 6 heteroatoms. The molecule has 0 unspecified atom stereocenters. The molecule has 0 aliphatic carbocycles.